The number of carbonyl (C=O) groups is 2. The molecule has 0 saturated heterocycles. The highest BCUT2D eigenvalue weighted by Crippen LogP contribution is 2.46. The van der Waals surface area contributed by atoms with Crippen LogP contribution >= 0.6 is 0 Å². The lowest BCUT2D eigenvalue weighted by atomic mass is 9.84. The predicted octanol–water partition coefficient (Wildman–Crippen LogP) is 4.15. The molecule has 166 valence electrons. The Morgan fingerprint density at radius 2 is 2.03 bits per heavy atom. The Balaban J connectivity index is 2.03. The number of fused-ring (bicyclic) bond motifs is 3. The minimum absolute atomic E-state index is 0.0148. The van der Waals surface area contributed by atoms with Crippen LogP contribution in [-0.4, -0.2) is 47.3 Å². The van der Waals surface area contributed by atoms with E-state index in [0.29, 0.717) is 28.0 Å². The summed E-state index contributed by atoms with van der Waals surface area (Å²) in [6, 6.07) is 9.08. The normalized spacial score (nSPS) is 15.3. The van der Waals surface area contributed by atoms with Crippen molar-refractivity contribution in [2.75, 3.05) is 20.3 Å². The van der Waals surface area contributed by atoms with Crippen LogP contribution in [0.25, 0.3) is 11.0 Å². The van der Waals surface area contributed by atoms with Gasteiger partial charge in [-0.1, -0.05) is 18.2 Å². The number of hydrogen-bond donors (Lipinski definition) is 1. The Morgan fingerprint density at radius 3 is 2.69 bits per heavy atom. The highest BCUT2D eigenvalue weighted by atomic mass is 16.6. The maximum Gasteiger partial charge on any atom is 0.410 e. The van der Waals surface area contributed by atoms with E-state index in [9.17, 15) is 24.8 Å². The predicted molar refractivity (Wildman–Crippen MR) is 112 cm³/mol. The van der Waals surface area contributed by atoms with Gasteiger partial charge >= 0.3 is 12.1 Å². The fourth-order valence-corrected chi connectivity index (χ4v) is 4.18. The average Bonchev–Trinajstić information content (AvgIpc) is 3.17. The van der Waals surface area contributed by atoms with Gasteiger partial charge in [0.25, 0.3) is 5.69 Å². The Morgan fingerprint density at radius 1 is 1.28 bits per heavy atom. The minimum Gasteiger partial charge on any atom is -0.493 e. The van der Waals surface area contributed by atoms with Crippen molar-refractivity contribution >= 4 is 28.7 Å². The summed E-state index contributed by atoms with van der Waals surface area (Å²) in [6.45, 7) is 1.93. The second kappa shape index (κ2) is 8.22. The van der Waals surface area contributed by atoms with Gasteiger partial charge in [0.1, 0.15) is 5.76 Å². The number of methoxy groups -OCH3 is 1. The number of hydrogen-bond acceptors (Lipinski definition) is 7. The molecule has 1 amide bonds. The zero-order chi connectivity index (χ0) is 23.0. The molecule has 1 aromatic heterocycles. The molecule has 3 aromatic rings. The van der Waals surface area contributed by atoms with Crippen LogP contribution in [-0.2, 0) is 11.3 Å². The smallest absolute Gasteiger partial charge is 0.410 e. The molecule has 2 aromatic carbocycles. The Labute approximate surface area is 182 Å². The fraction of sp³-hybridized carbons (Fsp3) is 0.273. The molecule has 0 bridgehead atoms. The van der Waals surface area contributed by atoms with Crippen molar-refractivity contribution in [3.8, 4) is 5.75 Å². The molecule has 0 saturated carbocycles. The van der Waals surface area contributed by atoms with Crippen molar-refractivity contribution in [2.45, 2.75) is 19.4 Å². The van der Waals surface area contributed by atoms with Gasteiger partial charge in [0, 0.05) is 35.0 Å². The van der Waals surface area contributed by atoms with Gasteiger partial charge < -0.3 is 19.0 Å². The molecule has 0 fully saturated rings. The van der Waals surface area contributed by atoms with E-state index in [2.05, 4.69) is 0 Å². The Hall–Kier alpha value is -4.08. The van der Waals surface area contributed by atoms with Crippen molar-refractivity contribution in [3.05, 3.63) is 69.0 Å². The maximum absolute atomic E-state index is 12.5. The molecule has 10 nitrogen and oxygen atoms in total. The molecular weight excluding hydrogens is 420 g/mol. The number of nitro groups is 1. The van der Waals surface area contributed by atoms with E-state index < -0.39 is 22.9 Å². The summed E-state index contributed by atoms with van der Waals surface area (Å²) in [5.41, 5.74) is 0.898. The summed E-state index contributed by atoms with van der Waals surface area (Å²) in [5.74, 6) is -1.23. The minimum atomic E-state index is -1.17. The van der Waals surface area contributed by atoms with E-state index in [1.165, 1.54) is 30.2 Å². The number of nitrogens with zero attached hydrogens (tertiary/aromatic N) is 2. The van der Waals surface area contributed by atoms with Crippen LogP contribution in [0.4, 0.5) is 10.5 Å². The number of carboxylic acid groups (broad SMARTS) is 1. The van der Waals surface area contributed by atoms with E-state index in [1.807, 2.05) is 0 Å². The van der Waals surface area contributed by atoms with Gasteiger partial charge in [-0.25, -0.2) is 9.59 Å². The van der Waals surface area contributed by atoms with E-state index in [0.717, 1.165) is 0 Å². The molecule has 1 unspecified atom stereocenters. The van der Waals surface area contributed by atoms with Crippen molar-refractivity contribution < 1.29 is 33.5 Å². The number of amides is 1. The highest BCUT2D eigenvalue weighted by molar-refractivity contribution is 6.06. The lowest BCUT2D eigenvalue weighted by Gasteiger charge is -2.31. The summed E-state index contributed by atoms with van der Waals surface area (Å²) >= 11 is 0. The number of ether oxygens (including phenoxy) is 2. The topological polar surface area (TPSA) is 132 Å². The van der Waals surface area contributed by atoms with Crippen molar-refractivity contribution in [3.63, 3.8) is 0 Å². The standard InChI is InChI=1S/C22H20N2O8/c1-3-31-22(27)23-10-14(12-6-4-5-7-15(12)24(28)29)18-17(11-23)32-20-16(30-2)9-8-13(19(18)20)21(25)26/h4-9,14H,3,10-11H2,1-2H3,(H,25,26). The van der Waals surface area contributed by atoms with Gasteiger partial charge in [0.05, 0.1) is 30.7 Å². The van der Waals surface area contributed by atoms with Gasteiger partial charge in [-0.05, 0) is 19.1 Å². The molecule has 4 rings (SSSR count). The molecule has 32 heavy (non-hydrogen) atoms. The number of furan rings is 1. The van der Waals surface area contributed by atoms with Gasteiger partial charge in [-0.3, -0.25) is 15.0 Å². The first kappa shape index (κ1) is 21.2. The number of aromatic carboxylic acids is 1. The molecule has 0 spiro atoms. The zero-order valence-electron chi connectivity index (χ0n) is 17.4. The summed E-state index contributed by atoms with van der Waals surface area (Å²) in [7, 11) is 1.43. The molecule has 1 aliphatic rings. The third kappa shape index (κ3) is 3.39. The number of carbonyl (C=O) groups excluding carboxylic acids is 1. The Bertz CT molecular complexity index is 1230. The maximum atomic E-state index is 12.5. The van der Waals surface area contributed by atoms with E-state index in [-0.39, 0.29) is 36.5 Å². The highest BCUT2D eigenvalue weighted by Gasteiger charge is 2.39. The molecule has 1 aliphatic heterocycles. The van der Waals surface area contributed by atoms with Gasteiger partial charge in [0.15, 0.2) is 11.3 Å². The van der Waals surface area contributed by atoms with Crippen LogP contribution < -0.4 is 4.74 Å². The average molecular weight is 440 g/mol. The van der Waals surface area contributed by atoms with E-state index >= 15 is 0 Å². The molecule has 1 atom stereocenters. The summed E-state index contributed by atoms with van der Waals surface area (Å²) in [4.78, 5) is 37.2. The largest absolute Gasteiger partial charge is 0.493 e. The summed E-state index contributed by atoms with van der Waals surface area (Å²) < 4.78 is 16.5. The lowest BCUT2D eigenvalue weighted by Crippen LogP contribution is -2.38. The van der Waals surface area contributed by atoms with Crippen LogP contribution in [0.15, 0.2) is 40.8 Å². The van der Waals surface area contributed by atoms with Gasteiger partial charge in [0.2, 0.25) is 0 Å². The number of para-hydroxylation sites is 1. The Kier molecular flexibility index (Phi) is 5.43. The number of benzene rings is 2. The van der Waals surface area contributed by atoms with Crippen molar-refractivity contribution in [1.82, 2.24) is 4.90 Å². The van der Waals surface area contributed by atoms with E-state index in [1.54, 1.807) is 25.1 Å². The van der Waals surface area contributed by atoms with Crippen molar-refractivity contribution in [1.29, 1.82) is 0 Å². The second-order valence-corrected chi connectivity index (χ2v) is 7.21. The van der Waals surface area contributed by atoms with Crippen LogP contribution in [0.5, 0.6) is 5.75 Å². The van der Waals surface area contributed by atoms with Gasteiger partial charge in [-0.2, -0.15) is 0 Å². The number of rotatable bonds is 5. The SMILES string of the molecule is CCOC(=O)N1Cc2oc3c(OC)ccc(C(=O)O)c3c2C(c2ccccc2[N+](=O)[O-])C1. The first-order valence-electron chi connectivity index (χ1n) is 9.87. The third-order valence-corrected chi connectivity index (χ3v) is 5.49. The van der Waals surface area contributed by atoms with Crippen LogP contribution in [0.3, 0.4) is 0 Å². The molecular formula is C22H20N2O8. The number of carboxylic acids is 1. The molecule has 0 aliphatic carbocycles. The van der Waals surface area contributed by atoms with Crippen LogP contribution in [0.1, 0.15) is 40.1 Å². The van der Waals surface area contributed by atoms with Gasteiger partial charge in [-0.15, -0.1) is 0 Å². The van der Waals surface area contributed by atoms with Crippen LogP contribution in [0.2, 0.25) is 0 Å². The molecule has 0 radical (unpaired) electrons. The second-order valence-electron chi connectivity index (χ2n) is 7.21. The first-order chi connectivity index (χ1) is 15.4. The summed E-state index contributed by atoms with van der Waals surface area (Å²) in [6.07, 6.45) is -0.590. The zero-order valence-corrected chi connectivity index (χ0v) is 17.4. The van der Waals surface area contributed by atoms with E-state index in [4.69, 9.17) is 13.9 Å². The third-order valence-electron chi connectivity index (χ3n) is 5.49. The molecule has 10 heteroatoms. The number of nitro benzene ring substituents is 1. The quantitative estimate of drug-likeness (QED) is 0.462. The lowest BCUT2D eigenvalue weighted by molar-refractivity contribution is -0.385. The molecule has 2 heterocycles. The molecule has 1 N–H and O–H groups in total. The van der Waals surface area contributed by atoms with Crippen LogP contribution in [0, 0.1) is 10.1 Å². The fourth-order valence-electron chi connectivity index (χ4n) is 4.18. The first-order valence-corrected chi connectivity index (χ1v) is 9.87. The van der Waals surface area contributed by atoms with Crippen molar-refractivity contribution in [2.24, 2.45) is 0 Å². The summed E-state index contributed by atoms with van der Waals surface area (Å²) in [5, 5.41) is 21.8. The monoisotopic (exact) mass is 440 g/mol.